The highest BCUT2D eigenvalue weighted by molar-refractivity contribution is 7.09. The fourth-order valence-corrected chi connectivity index (χ4v) is 2.98. The maximum absolute atomic E-state index is 5.78. The van der Waals surface area contributed by atoms with E-state index in [1.54, 1.807) is 11.3 Å². The van der Waals surface area contributed by atoms with E-state index in [2.05, 4.69) is 29.5 Å². The predicted octanol–water partition coefficient (Wildman–Crippen LogP) is 2.67. The van der Waals surface area contributed by atoms with E-state index < -0.39 is 0 Å². The molecule has 16 heavy (non-hydrogen) atoms. The summed E-state index contributed by atoms with van der Waals surface area (Å²) in [7, 11) is 0. The molecular weight excluding hydrogens is 220 g/mol. The summed E-state index contributed by atoms with van der Waals surface area (Å²) in [5, 5.41) is 6.85. The van der Waals surface area contributed by atoms with Gasteiger partial charge in [-0.25, -0.2) is 4.98 Å². The van der Waals surface area contributed by atoms with E-state index in [4.69, 9.17) is 4.74 Å². The van der Waals surface area contributed by atoms with Gasteiger partial charge < -0.3 is 10.1 Å². The Bertz CT molecular complexity index is 332. The van der Waals surface area contributed by atoms with Crippen LogP contribution >= 0.6 is 11.3 Å². The molecule has 0 amide bonds. The average molecular weight is 240 g/mol. The number of aryl methyl sites for hydroxylation is 1. The molecular formula is C12H20N2OS. The van der Waals surface area contributed by atoms with E-state index in [9.17, 15) is 0 Å². The van der Waals surface area contributed by atoms with Gasteiger partial charge in [0.05, 0.1) is 12.1 Å². The summed E-state index contributed by atoms with van der Waals surface area (Å²) < 4.78 is 5.78. The molecule has 2 rings (SSSR count). The molecule has 3 nitrogen and oxygen atoms in total. The van der Waals surface area contributed by atoms with E-state index in [-0.39, 0.29) is 6.04 Å². The van der Waals surface area contributed by atoms with Gasteiger partial charge in [0.15, 0.2) is 0 Å². The van der Waals surface area contributed by atoms with Crippen LogP contribution in [0.25, 0.3) is 0 Å². The first-order chi connectivity index (χ1) is 7.66. The zero-order valence-electron chi connectivity index (χ0n) is 10.2. The molecule has 1 aliphatic heterocycles. The molecule has 0 saturated carbocycles. The minimum Gasteiger partial charge on any atom is -0.376 e. The number of nitrogens with one attached hydrogen (secondary N) is 1. The molecule has 4 heteroatoms. The summed E-state index contributed by atoms with van der Waals surface area (Å²) >= 11 is 1.73. The van der Waals surface area contributed by atoms with Gasteiger partial charge in [0.25, 0.3) is 0 Å². The van der Waals surface area contributed by atoms with Crippen LogP contribution < -0.4 is 5.32 Å². The van der Waals surface area contributed by atoms with Gasteiger partial charge >= 0.3 is 0 Å². The van der Waals surface area contributed by atoms with Crippen molar-refractivity contribution in [3.63, 3.8) is 0 Å². The van der Waals surface area contributed by atoms with Gasteiger partial charge in [-0.05, 0) is 19.8 Å². The lowest BCUT2D eigenvalue weighted by molar-refractivity contribution is 0.0753. The number of thiazole rings is 1. The predicted molar refractivity (Wildman–Crippen MR) is 66.8 cm³/mol. The fraction of sp³-hybridized carbons (Fsp3) is 0.750. The highest BCUT2D eigenvalue weighted by Gasteiger charge is 2.29. The van der Waals surface area contributed by atoms with Crippen LogP contribution in [0.4, 0.5) is 0 Å². The second-order valence-electron chi connectivity index (χ2n) is 4.68. The monoisotopic (exact) mass is 240 g/mol. The quantitative estimate of drug-likeness (QED) is 0.878. The maximum atomic E-state index is 5.78. The van der Waals surface area contributed by atoms with Crippen LogP contribution in [0.3, 0.4) is 0 Å². The lowest BCUT2D eigenvalue weighted by atomic mass is 10.1. The maximum Gasteiger partial charge on any atom is 0.112 e. The smallest absolute Gasteiger partial charge is 0.112 e. The molecule has 1 aliphatic rings. The molecule has 1 aromatic heterocycles. The Kier molecular flexibility index (Phi) is 3.95. The van der Waals surface area contributed by atoms with Crippen molar-refractivity contribution in [2.75, 3.05) is 6.61 Å². The van der Waals surface area contributed by atoms with Crippen molar-refractivity contribution in [2.45, 2.75) is 51.8 Å². The van der Waals surface area contributed by atoms with E-state index in [0.29, 0.717) is 12.1 Å². The molecule has 0 radical (unpaired) electrons. The molecule has 0 spiro atoms. The Balaban J connectivity index is 2.13. The second kappa shape index (κ2) is 5.25. The third kappa shape index (κ3) is 2.81. The largest absolute Gasteiger partial charge is 0.376 e. The highest BCUT2D eigenvalue weighted by atomic mass is 32.1. The second-order valence-corrected chi connectivity index (χ2v) is 5.57. The molecule has 90 valence electrons. The summed E-state index contributed by atoms with van der Waals surface area (Å²) in [6.07, 6.45) is 2.61. The van der Waals surface area contributed by atoms with E-state index in [0.717, 1.165) is 23.7 Å². The molecule has 1 fully saturated rings. The normalized spacial score (nSPS) is 22.9. The number of rotatable bonds is 4. The molecule has 2 heterocycles. The van der Waals surface area contributed by atoms with Gasteiger partial charge in [-0.15, -0.1) is 11.3 Å². The number of hydrogen-bond acceptors (Lipinski definition) is 4. The van der Waals surface area contributed by atoms with Crippen LogP contribution in [0, 0.1) is 6.92 Å². The van der Waals surface area contributed by atoms with Crippen LogP contribution in [0.1, 0.15) is 43.4 Å². The van der Waals surface area contributed by atoms with Crippen molar-refractivity contribution in [2.24, 2.45) is 0 Å². The molecule has 2 atom stereocenters. The zero-order chi connectivity index (χ0) is 11.5. The van der Waals surface area contributed by atoms with Crippen LogP contribution in [-0.2, 0) is 4.74 Å². The van der Waals surface area contributed by atoms with Gasteiger partial charge in [0.2, 0.25) is 0 Å². The Morgan fingerprint density at radius 1 is 1.56 bits per heavy atom. The topological polar surface area (TPSA) is 34.1 Å². The SMILES string of the molecule is Cc1csc(C(NC(C)C)C2CCCO2)n1. The first-order valence-corrected chi connectivity index (χ1v) is 6.84. The van der Waals surface area contributed by atoms with Crippen molar-refractivity contribution in [1.82, 2.24) is 10.3 Å². The van der Waals surface area contributed by atoms with Crippen LogP contribution in [0.5, 0.6) is 0 Å². The third-order valence-electron chi connectivity index (χ3n) is 2.75. The Hall–Kier alpha value is -0.450. The van der Waals surface area contributed by atoms with Gasteiger partial charge in [-0.2, -0.15) is 0 Å². The van der Waals surface area contributed by atoms with Gasteiger partial charge in [-0.3, -0.25) is 0 Å². The fourth-order valence-electron chi connectivity index (χ4n) is 2.08. The van der Waals surface area contributed by atoms with Crippen molar-refractivity contribution >= 4 is 11.3 Å². The van der Waals surface area contributed by atoms with E-state index in [1.165, 1.54) is 6.42 Å². The summed E-state index contributed by atoms with van der Waals surface area (Å²) in [6.45, 7) is 7.28. The minimum absolute atomic E-state index is 0.265. The standard InChI is InChI=1S/C12H20N2OS/c1-8(2)13-11(10-5-4-6-15-10)12-14-9(3)7-16-12/h7-8,10-11,13H,4-6H2,1-3H3. The van der Waals surface area contributed by atoms with Crippen LogP contribution in [-0.4, -0.2) is 23.7 Å². The third-order valence-corrected chi connectivity index (χ3v) is 3.80. The van der Waals surface area contributed by atoms with Crippen molar-refractivity contribution in [3.05, 3.63) is 16.1 Å². The summed E-state index contributed by atoms with van der Waals surface area (Å²) in [5.74, 6) is 0. The molecule has 1 N–H and O–H groups in total. The lowest BCUT2D eigenvalue weighted by Crippen LogP contribution is -2.36. The van der Waals surface area contributed by atoms with E-state index in [1.807, 2.05) is 6.92 Å². The molecule has 0 aliphatic carbocycles. The Morgan fingerprint density at radius 2 is 2.38 bits per heavy atom. The van der Waals surface area contributed by atoms with Gasteiger partial charge in [-0.1, -0.05) is 13.8 Å². The van der Waals surface area contributed by atoms with Crippen LogP contribution in [0.15, 0.2) is 5.38 Å². The van der Waals surface area contributed by atoms with Gasteiger partial charge in [0.1, 0.15) is 5.01 Å². The number of ether oxygens (including phenoxy) is 1. The molecule has 0 aromatic carbocycles. The summed E-state index contributed by atoms with van der Waals surface area (Å²) in [6, 6.07) is 0.722. The van der Waals surface area contributed by atoms with Gasteiger partial charge in [0, 0.05) is 23.7 Å². The molecule has 2 unspecified atom stereocenters. The van der Waals surface area contributed by atoms with Crippen molar-refractivity contribution < 1.29 is 4.74 Å². The number of aromatic nitrogens is 1. The van der Waals surface area contributed by atoms with E-state index >= 15 is 0 Å². The average Bonchev–Trinajstić information content (AvgIpc) is 2.84. The molecule has 0 bridgehead atoms. The Labute approximate surface area is 101 Å². The zero-order valence-corrected chi connectivity index (χ0v) is 11.0. The number of nitrogens with zero attached hydrogens (tertiary/aromatic N) is 1. The molecule has 1 aromatic rings. The van der Waals surface area contributed by atoms with Crippen molar-refractivity contribution in [3.8, 4) is 0 Å². The first-order valence-electron chi connectivity index (χ1n) is 5.96. The molecule has 1 saturated heterocycles. The minimum atomic E-state index is 0.265. The summed E-state index contributed by atoms with van der Waals surface area (Å²) in [5.41, 5.74) is 1.11. The Morgan fingerprint density at radius 3 is 2.88 bits per heavy atom. The highest BCUT2D eigenvalue weighted by Crippen LogP contribution is 2.29. The summed E-state index contributed by atoms with van der Waals surface area (Å²) in [4.78, 5) is 4.58. The van der Waals surface area contributed by atoms with Crippen molar-refractivity contribution in [1.29, 1.82) is 0 Å². The number of hydrogen-bond donors (Lipinski definition) is 1. The lowest BCUT2D eigenvalue weighted by Gasteiger charge is -2.24. The first kappa shape index (κ1) is 12.0. The van der Waals surface area contributed by atoms with Crippen LogP contribution in [0.2, 0.25) is 0 Å².